The van der Waals surface area contributed by atoms with E-state index in [0.717, 1.165) is 6.42 Å². The molecule has 0 heterocycles. The molecule has 0 fully saturated rings. The highest BCUT2D eigenvalue weighted by Gasteiger charge is 2.16. The molecule has 0 spiro atoms. The van der Waals surface area contributed by atoms with Gasteiger partial charge in [0.2, 0.25) is 5.91 Å². The first-order chi connectivity index (χ1) is 17.9. The van der Waals surface area contributed by atoms with Gasteiger partial charge in [-0.1, -0.05) is 135 Å². The molecule has 200 valence electrons. The van der Waals surface area contributed by atoms with Gasteiger partial charge in [0.1, 0.15) is 0 Å². The Hall–Kier alpha value is -2.82. The predicted octanol–water partition coefficient (Wildman–Crippen LogP) is 9.09. The number of halogens is 2. The zero-order chi connectivity index (χ0) is 27.1. The van der Waals surface area contributed by atoms with Gasteiger partial charge in [0.15, 0.2) is 6.23 Å². The van der Waals surface area contributed by atoms with Crippen LogP contribution in [0.25, 0.3) is 0 Å². The van der Waals surface area contributed by atoms with Crippen molar-refractivity contribution in [3.8, 4) is 0 Å². The fraction of sp³-hybridized carbons (Fsp3) is 0.355. The summed E-state index contributed by atoms with van der Waals surface area (Å²) in [7, 11) is 0. The summed E-state index contributed by atoms with van der Waals surface area (Å²) in [5.41, 5.74) is 0.178. The summed E-state index contributed by atoms with van der Waals surface area (Å²) in [6.45, 7) is 3.80. The maximum absolute atomic E-state index is 12.2. The molecule has 0 aliphatic carbocycles. The number of carbonyl (C=O) groups is 2. The van der Waals surface area contributed by atoms with Crippen LogP contribution in [0.5, 0.6) is 0 Å². The van der Waals surface area contributed by atoms with Gasteiger partial charge in [0.05, 0.1) is 10.6 Å². The van der Waals surface area contributed by atoms with Gasteiger partial charge in [0, 0.05) is 11.1 Å². The number of allylic oxidation sites excluding steroid dienone is 11. The van der Waals surface area contributed by atoms with Crippen LogP contribution in [0.2, 0.25) is 10.0 Å². The second kappa shape index (κ2) is 21.3. The normalized spacial score (nSPS) is 13.2. The number of unbranched alkanes of at least 4 members (excludes halogenated alkanes) is 7. The topological polar surface area (TPSA) is 55.4 Å². The first-order valence-corrected chi connectivity index (χ1v) is 13.7. The third-order valence-corrected chi connectivity index (χ3v) is 5.69. The standard InChI is InChI=1S/C31H39Cl2NO3/c1-3-4-5-6-7-8-9-10-11-12-13-14-15-16-17-18-19-20-21-22-30(35)34-26(2)37-31(36)28-24-23-27(32)25-29(28)33/h11-26H,3-10H2,1-2H3,(H,34,35). The summed E-state index contributed by atoms with van der Waals surface area (Å²) in [5, 5.41) is 3.16. The highest BCUT2D eigenvalue weighted by atomic mass is 35.5. The van der Waals surface area contributed by atoms with E-state index in [9.17, 15) is 9.59 Å². The van der Waals surface area contributed by atoms with E-state index in [-0.39, 0.29) is 16.5 Å². The van der Waals surface area contributed by atoms with Crippen molar-refractivity contribution < 1.29 is 14.3 Å². The van der Waals surface area contributed by atoms with Gasteiger partial charge in [-0.2, -0.15) is 0 Å². The fourth-order valence-corrected chi connectivity index (χ4v) is 3.69. The van der Waals surface area contributed by atoms with Crippen molar-refractivity contribution in [2.75, 3.05) is 0 Å². The Morgan fingerprint density at radius 2 is 1.41 bits per heavy atom. The molecule has 0 aliphatic rings. The largest absolute Gasteiger partial charge is 0.438 e. The fourth-order valence-electron chi connectivity index (χ4n) is 3.21. The summed E-state index contributed by atoms with van der Waals surface area (Å²) < 4.78 is 5.19. The summed E-state index contributed by atoms with van der Waals surface area (Å²) >= 11 is 11.8. The van der Waals surface area contributed by atoms with Crippen LogP contribution in [0.1, 0.15) is 75.6 Å². The minimum atomic E-state index is -0.825. The van der Waals surface area contributed by atoms with Crippen LogP contribution in [-0.4, -0.2) is 18.1 Å². The van der Waals surface area contributed by atoms with Gasteiger partial charge in [0.25, 0.3) is 0 Å². The molecule has 1 rings (SSSR count). The van der Waals surface area contributed by atoms with Crippen LogP contribution >= 0.6 is 23.2 Å². The molecule has 0 saturated heterocycles. The average molecular weight is 545 g/mol. The van der Waals surface area contributed by atoms with Gasteiger partial charge in [-0.15, -0.1) is 0 Å². The number of ether oxygens (including phenoxy) is 1. The summed E-state index contributed by atoms with van der Waals surface area (Å²) in [6, 6.07) is 4.47. The van der Waals surface area contributed by atoms with Gasteiger partial charge in [-0.05, 0) is 38.0 Å². The number of rotatable bonds is 17. The summed E-state index contributed by atoms with van der Waals surface area (Å²) in [6.07, 6.45) is 32.2. The molecule has 1 atom stereocenters. The minimum absolute atomic E-state index is 0.178. The molecule has 1 aromatic rings. The average Bonchev–Trinajstić information content (AvgIpc) is 2.85. The van der Waals surface area contributed by atoms with Crippen LogP contribution in [0.4, 0.5) is 0 Å². The van der Waals surface area contributed by atoms with Crippen molar-refractivity contribution in [2.45, 2.75) is 71.4 Å². The van der Waals surface area contributed by atoms with Crippen LogP contribution in [0, 0.1) is 0 Å². The molecular formula is C31H39Cl2NO3. The maximum atomic E-state index is 12.2. The summed E-state index contributed by atoms with van der Waals surface area (Å²) in [5.74, 6) is -1.04. The lowest BCUT2D eigenvalue weighted by molar-refractivity contribution is -0.119. The number of benzene rings is 1. The molecule has 37 heavy (non-hydrogen) atoms. The molecule has 0 radical (unpaired) electrons. The van der Waals surface area contributed by atoms with Crippen molar-refractivity contribution in [1.29, 1.82) is 0 Å². The lowest BCUT2D eigenvalue weighted by atomic mass is 10.1. The van der Waals surface area contributed by atoms with Crippen molar-refractivity contribution in [3.05, 3.63) is 107 Å². The highest BCUT2D eigenvalue weighted by molar-refractivity contribution is 6.36. The van der Waals surface area contributed by atoms with E-state index < -0.39 is 12.2 Å². The number of carbonyl (C=O) groups excluding carboxylic acids is 2. The zero-order valence-corrected chi connectivity index (χ0v) is 23.4. The van der Waals surface area contributed by atoms with Gasteiger partial charge >= 0.3 is 5.97 Å². The minimum Gasteiger partial charge on any atom is -0.438 e. The van der Waals surface area contributed by atoms with E-state index in [0.29, 0.717) is 5.02 Å². The lowest BCUT2D eigenvalue weighted by Gasteiger charge is -2.14. The number of hydrogen-bond acceptors (Lipinski definition) is 3. The molecule has 0 aromatic heterocycles. The molecule has 4 nitrogen and oxygen atoms in total. The molecule has 1 aromatic carbocycles. The lowest BCUT2D eigenvalue weighted by Crippen LogP contribution is -2.35. The van der Waals surface area contributed by atoms with Gasteiger partial charge in [-0.25, -0.2) is 4.79 Å². The van der Waals surface area contributed by atoms with E-state index in [1.165, 1.54) is 63.2 Å². The van der Waals surface area contributed by atoms with Crippen molar-refractivity contribution in [3.63, 3.8) is 0 Å². The third kappa shape index (κ3) is 17.3. The summed E-state index contributed by atoms with van der Waals surface area (Å²) in [4.78, 5) is 24.1. The second-order valence-corrected chi connectivity index (χ2v) is 9.26. The van der Waals surface area contributed by atoms with Crippen molar-refractivity contribution in [1.82, 2.24) is 5.32 Å². The molecule has 0 saturated carbocycles. The van der Waals surface area contributed by atoms with E-state index >= 15 is 0 Å². The van der Waals surface area contributed by atoms with Crippen LogP contribution in [0.3, 0.4) is 0 Å². The number of esters is 1. The Morgan fingerprint density at radius 3 is 2.03 bits per heavy atom. The zero-order valence-electron chi connectivity index (χ0n) is 21.9. The van der Waals surface area contributed by atoms with Gasteiger partial charge < -0.3 is 10.1 Å². The van der Waals surface area contributed by atoms with E-state index in [1.807, 2.05) is 42.5 Å². The monoisotopic (exact) mass is 543 g/mol. The highest BCUT2D eigenvalue weighted by Crippen LogP contribution is 2.21. The molecule has 1 unspecified atom stereocenters. The van der Waals surface area contributed by atoms with Crippen LogP contribution in [-0.2, 0) is 9.53 Å². The van der Waals surface area contributed by atoms with E-state index in [1.54, 1.807) is 25.1 Å². The van der Waals surface area contributed by atoms with E-state index in [2.05, 4.69) is 24.4 Å². The van der Waals surface area contributed by atoms with Gasteiger partial charge in [-0.3, -0.25) is 4.79 Å². The smallest absolute Gasteiger partial charge is 0.341 e. The number of amides is 1. The second-order valence-electron chi connectivity index (χ2n) is 8.42. The molecule has 6 heteroatoms. The third-order valence-electron chi connectivity index (χ3n) is 5.14. The quantitative estimate of drug-likeness (QED) is 0.0700. The van der Waals surface area contributed by atoms with Crippen LogP contribution in [0.15, 0.2) is 91.1 Å². The maximum Gasteiger partial charge on any atom is 0.341 e. The first-order valence-electron chi connectivity index (χ1n) is 12.9. The Balaban J connectivity index is 2.19. The Morgan fingerprint density at radius 1 is 0.838 bits per heavy atom. The number of hydrogen-bond donors (Lipinski definition) is 1. The SMILES string of the molecule is CCCCCCCCCC=CC=CC=CC=CC=CC=CC(=O)NC(C)OC(=O)c1ccc(Cl)cc1Cl. The first kappa shape index (κ1) is 32.2. The van der Waals surface area contributed by atoms with Crippen molar-refractivity contribution in [2.24, 2.45) is 0 Å². The molecular weight excluding hydrogens is 505 g/mol. The molecule has 0 aliphatic heterocycles. The Labute approximate surface area is 232 Å². The Kier molecular flexibility index (Phi) is 18.5. The molecule has 0 bridgehead atoms. The number of nitrogens with one attached hydrogen (secondary N) is 1. The van der Waals surface area contributed by atoms with Crippen molar-refractivity contribution >= 4 is 35.1 Å². The van der Waals surface area contributed by atoms with Crippen LogP contribution < -0.4 is 5.32 Å². The molecule has 1 amide bonds. The van der Waals surface area contributed by atoms with E-state index in [4.69, 9.17) is 27.9 Å². The predicted molar refractivity (Wildman–Crippen MR) is 157 cm³/mol. The Bertz CT molecular complexity index is 990. The molecule has 1 N–H and O–H groups in total.